The van der Waals surface area contributed by atoms with Gasteiger partial charge in [0.1, 0.15) is 11.6 Å². The first-order chi connectivity index (χ1) is 12.0. The van der Waals surface area contributed by atoms with Gasteiger partial charge in [-0.25, -0.2) is 14.5 Å². The number of urea groups is 1. The number of rotatable bonds is 5. The Morgan fingerprint density at radius 2 is 2.04 bits per heavy atom. The molecule has 130 valence electrons. The molecule has 8 heteroatoms. The molecule has 2 aromatic heterocycles. The third kappa shape index (κ3) is 3.85. The molecule has 0 spiro atoms. The highest BCUT2D eigenvalue weighted by Crippen LogP contribution is 2.15. The zero-order valence-corrected chi connectivity index (χ0v) is 14.5. The molecule has 2 N–H and O–H groups in total. The van der Waals surface area contributed by atoms with Gasteiger partial charge in [0.15, 0.2) is 5.82 Å². The number of nitrogens with zero attached hydrogens (tertiary/aromatic N) is 5. The van der Waals surface area contributed by atoms with Gasteiger partial charge >= 0.3 is 6.03 Å². The molecule has 2 heterocycles. The van der Waals surface area contributed by atoms with E-state index in [1.165, 1.54) is 4.90 Å². The first kappa shape index (κ1) is 16.7. The Balaban J connectivity index is 1.64. The van der Waals surface area contributed by atoms with Crippen LogP contribution in [-0.4, -0.2) is 42.9 Å². The third-order valence-corrected chi connectivity index (χ3v) is 3.69. The van der Waals surface area contributed by atoms with Crippen LogP contribution in [0, 0.1) is 0 Å². The van der Waals surface area contributed by atoms with Gasteiger partial charge in [0.05, 0.1) is 12.7 Å². The van der Waals surface area contributed by atoms with E-state index in [1.807, 2.05) is 44.2 Å². The van der Waals surface area contributed by atoms with E-state index < -0.39 is 0 Å². The van der Waals surface area contributed by atoms with E-state index in [9.17, 15) is 4.79 Å². The maximum absolute atomic E-state index is 12.4. The van der Waals surface area contributed by atoms with Crippen molar-refractivity contribution in [3.8, 4) is 11.4 Å². The summed E-state index contributed by atoms with van der Waals surface area (Å²) in [5, 5.41) is 14.1. The Kier molecular flexibility index (Phi) is 4.78. The van der Waals surface area contributed by atoms with Crippen LogP contribution in [0.5, 0.6) is 0 Å². The van der Waals surface area contributed by atoms with Gasteiger partial charge in [-0.1, -0.05) is 30.3 Å². The smallest absolute Gasteiger partial charge is 0.320 e. The normalized spacial score (nSPS) is 10.9. The number of hydrogen-bond acceptors (Lipinski definition) is 4. The van der Waals surface area contributed by atoms with E-state index in [0.29, 0.717) is 24.0 Å². The number of amides is 2. The minimum Gasteiger partial charge on any atom is -0.320 e. The molecule has 3 rings (SSSR count). The summed E-state index contributed by atoms with van der Waals surface area (Å²) in [5.74, 6) is 1.89. The molecule has 0 bridgehead atoms. The molecule has 0 aliphatic carbocycles. The van der Waals surface area contributed by atoms with E-state index in [4.69, 9.17) is 0 Å². The van der Waals surface area contributed by atoms with Crippen molar-refractivity contribution in [3.63, 3.8) is 0 Å². The Bertz CT molecular complexity index is 838. The van der Waals surface area contributed by atoms with Gasteiger partial charge in [-0.05, 0) is 13.8 Å². The van der Waals surface area contributed by atoms with Crippen LogP contribution in [0.3, 0.4) is 0 Å². The summed E-state index contributed by atoms with van der Waals surface area (Å²) < 4.78 is 1.76. The van der Waals surface area contributed by atoms with E-state index in [2.05, 4.69) is 25.6 Å². The quantitative estimate of drug-likeness (QED) is 0.747. The molecule has 0 aliphatic heterocycles. The van der Waals surface area contributed by atoms with Crippen LogP contribution in [0.4, 0.5) is 10.6 Å². The van der Waals surface area contributed by atoms with Gasteiger partial charge in [-0.3, -0.25) is 10.4 Å². The maximum Gasteiger partial charge on any atom is 0.323 e. The third-order valence-electron chi connectivity index (χ3n) is 3.69. The van der Waals surface area contributed by atoms with Gasteiger partial charge in [-0.15, -0.1) is 0 Å². The van der Waals surface area contributed by atoms with Gasteiger partial charge < -0.3 is 4.90 Å². The number of carbonyl (C=O) groups excluding carboxylic acids is 1. The van der Waals surface area contributed by atoms with Gasteiger partial charge in [0, 0.05) is 24.7 Å². The summed E-state index contributed by atoms with van der Waals surface area (Å²) >= 11 is 0. The van der Waals surface area contributed by atoms with Crippen LogP contribution in [0.15, 0.2) is 42.6 Å². The van der Waals surface area contributed by atoms with Crippen LogP contribution in [0.2, 0.25) is 0 Å². The van der Waals surface area contributed by atoms with Gasteiger partial charge in [-0.2, -0.15) is 10.2 Å². The maximum atomic E-state index is 12.4. The van der Waals surface area contributed by atoms with Crippen molar-refractivity contribution >= 4 is 11.8 Å². The van der Waals surface area contributed by atoms with Gasteiger partial charge in [0.2, 0.25) is 0 Å². The SMILES string of the molecule is CC(C)n1nccc1NC(=O)N(C)Cc1nc(-c2ccccc2)n[nH]1. The summed E-state index contributed by atoms with van der Waals surface area (Å²) in [6.45, 7) is 4.33. The minimum atomic E-state index is -0.236. The average molecular weight is 339 g/mol. The van der Waals surface area contributed by atoms with Crippen LogP contribution in [0.1, 0.15) is 25.7 Å². The first-order valence-electron chi connectivity index (χ1n) is 8.07. The van der Waals surface area contributed by atoms with Crippen molar-refractivity contribution < 1.29 is 4.79 Å². The zero-order valence-electron chi connectivity index (χ0n) is 14.5. The number of aromatic nitrogens is 5. The highest BCUT2D eigenvalue weighted by atomic mass is 16.2. The molecule has 3 aromatic rings. The topological polar surface area (TPSA) is 91.7 Å². The summed E-state index contributed by atoms with van der Waals surface area (Å²) in [5.41, 5.74) is 0.929. The summed E-state index contributed by atoms with van der Waals surface area (Å²) in [4.78, 5) is 18.4. The van der Waals surface area contributed by atoms with E-state index >= 15 is 0 Å². The number of carbonyl (C=O) groups is 1. The molecular formula is C17H21N7O. The lowest BCUT2D eigenvalue weighted by Crippen LogP contribution is -2.32. The average Bonchev–Trinajstić information content (AvgIpc) is 3.25. The largest absolute Gasteiger partial charge is 0.323 e. The van der Waals surface area contributed by atoms with Gasteiger partial charge in [0.25, 0.3) is 0 Å². The fourth-order valence-electron chi connectivity index (χ4n) is 2.41. The van der Waals surface area contributed by atoms with Crippen molar-refractivity contribution in [3.05, 3.63) is 48.4 Å². The van der Waals surface area contributed by atoms with Crippen LogP contribution in [0.25, 0.3) is 11.4 Å². The van der Waals surface area contributed by atoms with Crippen LogP contribution >= 0.6 is 0 Å². The second-order valence-corrected chi connectivity index (χ2v) is 6.01. The molecule has 2 amide bonds. The van der Waals surface area contributed by atoms with Crippen molar-refractivity contribution in [2.24, 2.45) is 0 Å². The number of nitrogens with one attached hydrogen (secondary N) is 2. The predicted octanol–water partition coefficient (Wildman–Crippen LogP) is 2.91. The number of anilines is 1. The Morgan fingerprint density at radius 1 is 1.28 bits per heavy atom. The first-order valence-corrected chi connectivity index (χ1v) is 8.07. The van der Waals surface area contributed by atoms with Crippen molar-refractivity contribution in [2.45, 2.75) is 26.4 Å². The molecule has 0 saturated heterocycles. The van der Waals surface area contributed by atoms with Crippen LogP contribution < -0.4 is 5.32 Å². The number of benzene rings is 1. The Labute approximate surface area is 145 Å². The highest BCUT2D eigenvalue weighted by Gasteiger charge is 2.15. The number of hydrogen-bond donors (Lipinski definition) is 2. The standard InChI is InChI=1S/C17H21N7O/c1-12(2)24-15(9-10-18-24)20-17(25)23(3)11-14-19-16(22-21-14)13-7-5-4-6-8-13/h4-10,12H,11H2,1-3H3,(H,20,25)(H,19,21,22). The lowest BCUT2D eigenvalue weighted by Gasteiger charge is -2.18. The lowest BCUT2D eigenvalue weighted by atomic mass is 10.2. The molecule has 0 fully saturated rings. The predicted molar refractivity (Wildman–Crippen MR) is 94.9 cm³/mol. The zero-order chi connectivity index (χ0) is 17.8. The number of aromatic amines is 1. The second kappa shape index (κ2) is 7.16. The molecule has 1 aromatic carbocycles. The molecule has 0 saturated carbocycles. The Morgan fingerprint density at radius 3 is 2.76 bits per heavy atom. The van der Waals surface area contributed by atoms with Crippen LogP contribution in [-0.2, 0) is 6.54 Å². The monoisotopic (exact) mass is 339 g/mol. The molecule has 25 heavy (non-hydrogen) atoms. The summed E-state index contributed by atoms with van der Waals surface area (Å²) in [6, 6.07) is 11.4. The van der Waals surface area contributed by atoms with Crippen molar-refractivity contribution in [1.29, 1.82) is 0 Å². The summed E-state index contributed by atoms with van der Waals surface area (Å²) in [7, 11) is 1.70. The number of H-pyrrole nitrogens is 1. The van der Waals surface area contributed by atoms with E-state index in [1.54, 1.807) is 24.0 Å². The minimum absolute atomic E-state index is 0.165. The molecular weight excluding hydrogens is 318 g/mol. The molecule has 0 atom stereocenters. The molecule has 0 unspecified atom stereocenters. The second-order valence-electron chi connectivity index (χ2n) is 6.01. The molecule has 0 radical (unpaired) electrons. The fraction of sp³-hybridized carbons (Fsp3) is 0.294. The lowest BCUT2D eigenvalue weighted by molar-refractivity contribution is 0.219. The fourth-order valence-corrected chi connectivity index (χ4v) is 2.41. The summed E-state index contributed by atoms with van der Waals surface area (Å²) in [6.07, 6.45) is 1.66. The molecule has 0 aliphatic rings. The Hall–Kier alpha value is -3.16. The van der Waals surface area contributed by atoms with Crippen molar-refractivity contribution in [1.82, 2.24) is 29.9 Å². The highest BCUT2D eigenvalue weighted by molar-refractivity contribution is 5.88. The van der Waals surface area contributed by atoms with E-state index in [-0.39, 0.29) is 12.1 Å². The van der Waals surface area contributed by atoms with Crippen molar-refractivity contribution in [2.75, 3.05) is 12.4 Å². The van der Waals surface area contributed by atoms with E-state index in [0.717, 1.165) is 5.56 Å². The molecule has 8 nitrogen and oxygen atoms in total.